The third kappa shape index (κ3) is 11.2. The molecule has 104 valence electrons. The van der Waals surface area contributed by atoms with Crippen LogP contribution in [-0.2, 0) is 11.0 Å². The van der Waals surface area contributed by atoms with Crippen molar-refractivity contribution >= 4 is 57.3 Å². The maximum atomic E-state index is 6.25. The summed E-state index contributed by atoms with van der Waals surface area (Å²) in [6, 6.07) is 0. The molecular weight excluding hydrogens is 372 g/mol. The second kappa shape index (κ2) is 5.96. The van der Waals surface area contributed by atoms with Gasteiger partial charge < -0.3 is 0 Å². The third-order valence-corrected chi connectivity index (χ3v) is 22.1. The average molecular weight is 396 g/mol. The fourth-order valence-electron chi connectivity index (χ4n) is 1.42. The first-order chi connectivity index (χ1) is 7.12. The van der Waals surface area contributed by atoms with E-state index < -0.39 is 37.3 Å². The van der Waals surface area contributed by atoms with E-state index in [0.717, 1.165) is 0 Å². The van der Waals surface area contributed by atoms with Crippen LogP contribution in [-0.4, -0.2) is 37.3 Å². The van der Waals surface area contributed by atoms with Crippen LogP contribution in [0.5, 0.6) is 0 Å². The second-order valence-corrected chi connectivity index (χ2v) is 29.6. The zero-order valence-electron chi connectivity index (χ0n) is 12.0. The third-order valence-electron chi connectivity index (χ3n) is 1.34. The first-order valence-corrected chi connectivity index (χ1v) is 22.5. The van der Waals surface area contributed by atoms with E-state index in [1.54, 1.807) is 0 Å². The van der Waals surface area contributed by atoms with Crippen LogP contribution in [0.3, 0.4) is 0 Å². The summed E-state index contributed by atoms with van der Waals surface area (Å²) < 4.78 is 17.7. The van der Waals surface area contributed by atoms with Crippen LogP contribution in [0.1, 0.15) is 0 Å². The normalized spacial score (nSPS) is 15.2. The maximum absolute atomic E-state index is 6.25. The summed E-state index contributed by atoms with van der Waals surface area (Å²) in [6.07, 6.45) is 0. The van der Waals surface area contributed by atoms with Gasteiger partial charge in [-0.1, -0.05) is 0 Å². The SMILES string of the molecule is C[Si](C)(C)O[Si](C)(C)[O][Ge]([Cl])([Cl])[O][Si](C)(C)C. The van der Waals surface area contributed by atoms with Gasteiger partial charge in [-0.3, -0.25) is 0 Å². The molecule has 3 nitrogen and oxygen atoms in total. The quantitative estimate of drug-likeness (QED) is 0.627. The topological polar surface area (TPSA) is 27.7 Å². The molecule has 9 heteroatoms. The standard InChI is InChI=1S/C8H24Cl2GeO3Si3/c1-15(2,3)12-11(9,10)13-17(7,8)14-16(4,5)6/h1-8H3. The number of hydrogen-bond donors (Lipinski definition) is 0. The molecule has 0 bridgehead atoms. The van der Waals surface area contributed by atoms with E-state index in [1.807, 2.05) is 13.1 Å². The monoisotopic (exact) mass is 396 g/mol. The Hall–Kier alpha value is 1.65. The average Bonchev–Trinajstić information content (AvgIpc) is 1.65. The van der Waals surface area contributed by atoms with Gasteiger partial charge in [-0.15, -0.1) is 0 Å². The molecule has 0 atom stereocenters. The van der Waals surface area contributed by atoms with Crippen molar-refractivity contribution in [1.82, 2.24) is 0 Å². The van der Waals surface area contributed by atoms with E-state index in [4.69, 9.17) is 31.0 Å². The molecule has 0 saturated heterocycles. The van der Waals surface area contributed by atoms with Crippen LogP contribution in [0.15, 0.2) is 0 Å². The Morgan fingerprint density at radius 1 is 0.706 bits per heavy atom. The van der Waals surface area contributed by atoms with Crippen molar-refractivity contribution < 1.29 is 11.0 Å². The molecule has 0 aliphatic rings. The fraction of sp³-hybridized carbons (Fsp3) is 1.00. The van der Waals surface area contributed by atoms with Crippen molar-refractivity contribution in [2.24, 2.45) is 0 Å². The zero-order valence-corrected chi connectivity index (χ0v) is 18.6. The van der Waals surface area contributed by atoms with Gasteiger partial charge in [-0.25, -0.2) is 0 Å². The van der Waals surface area contributed by atoms with Gasteiger partial charge in [0.1, 0.15) is 0 Å². The van der Waals surface area contributed by atoms with Crippen LogP contribution < -0.4 is 0 Å². The molecule has 0 aromatic rings. The second-order valence-electron chi connectivity index (χ2n) is 6.39. The summed E-state index contributed by atoms with van der Waals surface area (Å²) >= 11 is -3.64. The van der Waals surface area contributed by atoms with E-state index in [2.05, 4.69) is 39.3 Å². The summed E-state index contributed by atoms with van der Waals surface area (Å²) in [5.41, 5.74) is 0. The number of rotatable bonds is 6. The summed E-state index contributed by atoms with van der Waals surface area (Å²) in [5, 5.41) is 0. The van der Waals surface area contributed by atoms with Gasteiger partial charge in [-0.2, -0.15) is 0 Å². The minimum absolute atomic E-state index is 1.65. The summed E-state index contributed by atoms with van der Waals surface area (Å²) in [7, 11) is 6.78. The molecule has 0 fully saturated rings. The molecule has 0 aliphatic heterocycles. The molecule has 0 aromatic heterocycles. The molecule has 0 radical (unpaired) electrons. The van der Waals surface area contributed by atoms with Crippen molar-refractivity contribution in [3.63, 3.8) is 0 Å². The van der Waals surface area contributed by atoms with Gasteiger partial charge in [0.25, 0.3) is 0 Å². The Bertz CT molecular complexity index is 238. The molecule has 0 aromatic carbocycles. The van der Waals surface area contributed by atoms with Gasteiger partial charge in [-0.05, 0) is 0 Å². The summed E-state index contributed by atoms with van der Waals surface area (Å²) in [6.45, 7) is 16.5. The Kier molecular flexibility index (Phi) is 6.54. The number of halogens is 2. The molecule has 0 heterocycles. The molecule has 0 unspecified atom stereocenters. The van der Waals surface area contributed by atoms with Gasteiger partial charge in [0.15, 0.2) is 0 Å². The molecular formula is C8H24Cl2GeO3Si3. The molecule has 0 N–H and O–H groups in total. The fourth-order valence-corrected chi connectivity index (χ4v) is 31.6. The Morgan fingerprint density at radius 3 is 1.41 bits per heavy atom. The van der Waals surface area contributed by atoms with E-state index >= 15 is 0 Å². The Labute approximate surface area is 120 Å². The molecule has 0 spiro atoms. The summed E-state index contributed by atoms with van der Waals surface area (Å²) in [4.78, 5) is 0. The van der Waals surface area contributed by atoms with Gasteiger partial charge in [0.2, 0.25) is 0 Å². The molecule has 0 saturated carbocycles. The van der Waals surface area contributed by atoms with E-state index in [1.165, 1.54) is 0 Å². The van der Waals surface area contributed by atoms with Crippen molar-refractivity contribution in [2.75, 3.05) is 0 Å². The van der Waals surface area contributed by atoms with Crippen LogP contribution in [0.2, 0.25) is 52.4 Å². The van der Waals surface area contributed by atoms with Gasteiger partial charge in [0.05, 0.1) is 0 Å². The van der Waals surface area contributed by atoms with Crippen LogP contribution >= 0.6 is 20.0 Å². The Morgan fingerprint density at radius 2 is 1.12 bits per heavy atom. The van der Waals surface area contributed by atoms with E-state index in [0.29, 0.717) is 0 Å². The minimum atomic E-state index is -3.64. The van der Waals surface area contributed by atoms with Crippen molar-refractivity contribution in [2.45, 2.75) is 52.4 Å². The molecule has 0 aliphatic carbocycles. The predicted molar refractivity (Wildman–Crippen MR) is 84.9 cm³/mol. The molecule has 17 heavy (non-hydrogen) atoms. The van der Waals surface area contributed by atoms with E-state index in [9.17, 15) is 0 Å². The number of hydrogen-bond acceptors (Lipinski definition) is 3. The molecule has 0 rings (SSSR count). The predicted octanol–water partition coefficient (Wildman–Crippen LogP) is 4.32. The van der Waals surface area contributed by atoms with Crippen molar-refractivity contribution in [3.8, 4) is 0 Å². The zero-order chi connectivity index (χ0) is 14.1. The van der Waals surface area contributed by atoms with Crippen molar-refractivity contribution in [1.29, 1.82) is 0 Å². The molecule has 0 amide bonds. The summed E-state index contributed by atoms with van der Waals surface area (Å²) in [5.74, 6) is 0. The first kappa shape index (κ1) is 18.7. The first-order valence-electron chi connectivity index (χ1n) is 5.60. The van der Waals surface area contributed by atoms with Gasteiger partial charge in [0, 0.05) is 0 Å². The van der Waals surface area contributed by atoms with Crippen LogP contribution in [0.4, 0.5) is 0 Å². The Balaban J connectivity index is 4.59. The van der Waals surface area contributed by atoms with Crippen molar-refractivity contribution in [3.05, 3.63) is 0 Å². The van der Waals surface area contributed by atoms with Gasteiger partial charge >= 0.3 is 121 Å². The van der Waals surface area contributed by atoms with E-state index in [-0.39, 0.29) is 0 Å². The van der Waals surface area contributed by atoms with Crippen LogP contribution in [0, 0.1) is 0 Å². The van der Waals surface area contributed by atoms with Crippen LogP contribution in [0.25, 0.3) is 0 Å².